The van der Waals surface area contributed by atoms with Gasteiger partial charge < -0.3 is 9.47 Å². The summed E-state index contributed by atoms with van der Waals surface area (Å²) in [6, 6.07) is 6.26. The van der Waals surface area contributed by atoms with E-state index in [-0.39, 0.29) is 18.7 Å². The summed E-state index contributed by atoms with van der Waals surface area (Å²) in [4.78, 5) is 27.5. The van der Waals surface area contributed by atoms with Crippen molar-refractivity contribution >= 4 is 12.1 Å². The highest BCUT2D eigenvalue weighted by Gasteiger charge is 2.51. The first-order valence-electron chi connectivity index (χ1n) is 6.99. The molecule has 2 aliphatic heterocycles. The van der Waals surface area contributed by atoms with E-state index in [1.165, 1.54) is 12.1 Å². The van der Waals surface area contributed by atoms with Gasteiger partial charge in [0.15, 0.2) is 6.17 Å². The van der Waals surface area contributed by atoms with Crippen LogP contribution in [0.1, 0.15) is 10.4 Å². The Kier molecular flexibility index (Phi) is 4.03. The lowest BCUT2D eigenvalue weighted by Crippen LogP contribution is -2.59. The van der Waals surface area contributed by atoms with Gasteiger partial charge in [0.1, 0.15) is 18.8 Å². The second kappa shape index (κ2) is 6.13. The van der Waals surface area contributed by atoms with Gasteiger partial charge in [-0.3, -0.25) is 4.90 Å². The maximum Gasteiger partial charge on any atom is 0.410 e. The van der Waals surface area contributed by atoms with E-state index in [0.717, 1.165) is 4.90 Å². The topological polar surface area (TPSA) is 105 Å². The third-order valence-corrected chi connectivity index (χ3v) is 3.91. The summed E-state index contributed by atoms with van der Waals surface area (Å²) >= 11 is 0. The lowest BCUT2D eigenvalue weighted by atomic mass is 9.95. The molecular weight excluding hydrogens is 307 g/mol. The number of alkyl halides is 1. The Balaban J connectivity index is 1.82. The zero-order chi connectivity index (χ0) is 16.4. The number of benzene rings is 1. The van der Waals surface area contributed by atoms with E-state index < -0.39 is 36.4 Å². The highest BCUT2D eigenvalue weighted by molar-refractivity contribution is 5.89. The van der Waals surface area contributed by atoms with E-state index in [9.17, 15) is 14.0 Å². The fourth-order valence-electron chi connectivity index (χ4n) is 2.75. The van der Waals surface area contributed by atoms with Crippen molar-refractivity contribution < 1.29 is 23.5 Å². The Morgan fingerprint density at radius 3 is 2.87 bits per heavy atom. The van der Waals surface area contributed by atoms with Gasteiger partial charge in [0, 0.05) is 11.5 Å². The molecule has 1 aromatic rings. The Morgan fingerprint density at radius 1 is 1.43 bits per heavy atom. The van der Waals surface area contributed by atoms with Gasteiger partial charge in [-0.1, -0.05) is 23.3 Å². The number of hydrogen-bond donors (Lipinski definition) is 0. The molecule has 0 radical (unpaired) electrons. The molecule has 1 amide bonds. The van der Waals surface area contributed by atoms with Crippen molar-refractivity contribution in [2.24, 2.45) is 5.11 Å². The molecule has 0 spiro atoms. The van der Waals surface area contributed by atoms with Crippen LogP contribution in [0.4, 0.5) is 9.18 Å². The molecule has 0 bridgehead atoms. The smallest absolute Gasteiger partial charge is 0.410 e. The van der Waals surface area contributed by atoms with Gasteiger partial charge in [-0.15, -0.1) is 0 Å². The van der Waals surface area contributed by atoms with Crippen molar-refractivity contribution in [1.29, 1.82) is 0 Å². The number of hydrogen-bond acceptors (Lipinski definition) is 5. The minimum atomic E-state index is -1.70. The van der Waals surface area contributed by atoms with Crippen LogP contribution in [0.5, 0.6) is 0 Å². The van der Waals surface area contributed by atoms with E-state index in [1.54, 1.807) is 18.2 Å². The van der Waals surface area contributed by atoms with E-state index in [0.29, 0.717) is 0 Å². The average molecular weight is 320 g/mol. The van der Waals surface area contributed by atoms with E-state index in [1.807, 2.05) is 0 Å². The Bertz CT molecular complexity index is 664. The van der Waals surface area contributed by atoms with Crippen LogP contribution in [-0.2, 0) is 9.47 Å². The molecule has 0 aliphatic carbocycles. The van der Waals surface area contributed by atoms with Gasteiger partial charge in [0.05, 0.1) is 11.6 Å². The van der Waals surface area contributed by atoms with Crippen molar-refractivity contribution in [1.82, 2.24) is 4.90 Å². The van der Waals surface area contributed by atoms with Crippen LogP contribution in [0.3, 0.4) is 0 Å². The third-order valence-electron chi connectivity index (χ3n) is 3.91. The van der Waals surface area contributed by atoms with Crippen LogP contribution in [-0.4, -0.2) is 54.5 Å². The molecule has 0 N–H and O–H groups in total. The lowest BCUT2D eigenvalue weighted by Gasteiger charge is -2.38. The molecule has 9 heteroatoms. The van der Waals surface area contributed by atoms with Crippen molar-refractivity contribution in [3.8, 4) is 0 Å². The highest BCUT2D eigenvalue weighted by atomic mass is 19.1. The minimum Gasteiger partial charge on any atom is -0.455 e. The standard InChI is InChI=1S/C14H13FN4O4/c15-11-10-7-22-14(21)19(10)6-9(17-18-16)12(11)23-13(20)8-4-2-1-3-5-8/h1-5,9-12H,6-7H2/t9?,10-,11+,12-/m1/s1. The first-order valence-corrected chi connectivity index (χ1v) is 6.99. The van der Waals surface area contributed by atoms with Crippen molar-refractivity contribution in [2.45, 2.75) is 24.4 Å². The Labute approximate surface area is 130 Å². The maximum absolute atomic E-state index is 14.7. The fourth-order valence-corrected chi connectivity index (χ4v) is 2.75. The summed E-state index contributed by atoms with van der Waals surface area (Å²) in [5.74, 6) is -0.713. The van der Waals surface area contributed by atoms with Gasteiger partial charge in [0.25, 0.3) is 0 Å². The Morgan fingerprint density at radius 2 is 2.17 bits per heavy atom. The van der Waals surface area contributed by atoms with Gasteiger partial charge in [-0.2, -0.15) is 0 Å². The molecule has 0 saturated carbocycles. The fraction of sp³-hybridized carbons (Fsp3) is 0.429. The number of piperidine rings is 1. The number of fused-ring (bicyclic) bond motifs is 1. The normalized spacial score (nSPS) is 29.3. The van der Waals surface area contributed by atoms with E-state index >= 15 is 0 Å². The van der Waals surface area contributed by atoms with Crippen LogP contribution >= 0.6 is 0 Å². The molecule has 3 rings (SSSR count). The highest BCUT2D eigenvalue weighted by Crippen LogP contribution is 2.30. The molecule has 2 saturated heterocycles. The van der Waals surface area contributed by atoms with Crippen LogP contribution < -0.4 is 0 Å². The average Bonchev–Trinajstić information content (AvgIpc) is 2.93. The largest absolute Gasteiger partial charge is 0.455 e. The maximum atomic E-state index is 14.7. The zero-order valence-electron chi connectivity index (χ0n) is 11.9. The Hall–Kier alpha value is -2.80. The van der Waals surface area contributed by atoms with Gasteiger partial charge in [-0.05, 0) is 17.7 Å². The summed E-state index contributed by atoms with van der Waals surface area (Å²) in [5.41, 5.74) is 8.91. The summed E-state index contributed by atoms with van der Waals surface area (Å²) in [7, 11) is 0. The number of rotatable bonds is 3. The summed E-state index contributed by atoms with van der Waals surface area (Å²) in [6.07, 6.45) is -3.63. The van der Waals surface area contributed by atoms with Crippen molar-refractivity contribution in [2.75, 3.05) is 13.2 Å². The number of cyclic esters (lactones) is 1. The second-order valence-corrected chi connectivity index (χ2v) is 5.25. The monoisotopic (exact) mass is 320 g/mol. The number of ether oxygens (including phenoxy) is 2. The first kappa shape index (κ1) is 15.1. The molecule has 2 fully saturated rings. The van der Waals surface area contributed by atoms with Crippen molar-refractivity contribution in [3.05, 3.63) is 46.3 Å². The van der Waals surface area contributed by atoms with Gasteiger partial charge in [-0.25, -0.2) is 14.0 Å². The van der Waals surface area contributed by atoms with Crippen LogP contribution in [0, 0.1) is 0 Å². The zero-order valence-corrected chi connectivity index (χ0v) is 11.9. The summed E-state index contributed by atoms with van der Waals surface area (Å²) in [5, 5.41) is 3.47. The van der Waals surface area contributed by atoms with Crippen LogP contribution in [0.15, 0.2) is 35.4 Å². The number of amides is 1. The molecule has 4 atom stereocenters. The number of nitrogens with zero attached hydrogens (tertiary/aromatic N) is 4. The molecule has 120 valence electrons. The van der Waals surface area contributed by atoms with Gasteiger partial charge >= 0.3 is 12.1 Å². The molecule has 1 unspecified atom stereocenters. The molecule has 2 heterocycles. The number of carbonyl (C=O) groups excluding carboxylic acids is 2. The minimum absolute atomic E-state index is 0.0548. The number of carbonyl (C=O) groups is 2. The summed E-state index contributed by atoms with van der Waals surface area (Å²) in [6.45, 7) is -0.177. The summed E-state index contributed by atoms with van der Waals surface area (Å²) < 4.78 is 24.7. The molecule has 23 heavy (non-hydrogen) atoms. The molecule has 2 aliphatic rings. The van der Waals surface area contributed by atoms with Crippen LogP contribution in [0.25, 0.3) is 10.4 Å². The van der Waals surface area contributed by atoms with Gasteiger partial charge in [0.2, 0.25) is 0 Å². The predicted octanol–water partition coefficient (Wildman–Crippen LogP) is 2.06. The van der Waals surface area contributed by atoms with E-state index in [4.69, 9.17) is 15.0 Å². The van der Waals surface area contributed by atoms with E-state index in [2.05, 4.69) is 10.0 Å². The molecule has 0 aromatic heterocycles. The van der Waals surface area contributed by atoms with Crippen molar-refractivity contribution in [3.63, 3.8) is 0 Å². The SMILES string of the molecule is [N-]=[N+]=NC1CN2C(=O)OC[C@@H]2[C@H](F)[C@@H]1OC(=O)c1ccccc1. The second-order valence-electron chi connectivity index (χ2n) is 5.25. The number of esters is 1. The molecular formula is C14H13FN4O4. The number of halogens is 1. The first-order chi connectivity index (χ1) is 11.1. The molecule has 1 aromatic carbocycles. The lowest BCUT2D eigenvalue weighted by molar-refractivity contribution is -0.0427. The third kappa shape index (κ3) is 2.78. The number of azide groups is 1. The van der Waals surface area contributed by atoms with Crippen LogP contribution in [0.2, 0.25) is 0 Å². The molecule has 8 nitrogen and oxygen atoms in total. The quantitative estimate of drug-likeness (QED) is 0.368. The predicted molar refractivity (Wildman–Crippen MR) is 75.3 cm³/mol.